The minimum atomic E-state index is -1.58. The number of nitrogens with one attached hydrogen (secondary N) is 2. The highest BCUT2D eigenvalue weighted by atomic mass is 16.4. The molecule has 152 valence electrons. The molecule has 28 heavy (non-hydrogen) atoms. The quantitative estimate of drug-likeness (QED) is 0.246. The SMILES string of the molecule is NC(=O)C[C@H](NC(=O)[C@H](Cc1ccccc1)NC(=O)[C@@H](N)CC(=O)O)C(=O)O. The third-order valence-electron chi connectivity index (χ3n) is 3.67. The minimum absolute atomic E-state index is 0.0128. The maximum absolute atomic E-state index is 12.5. The van der Waals surface area contributed by atoms with Gasteiger partial charge < -0.3 is 32.3 Å². The van der Waals surface area contributed by atoms with Crippen molar-refractivity contribution in [1.29, 1.82) is 0 Å². The van der Waals surface area contributed by atoms with Crippen molar-refractivity contribution in [1.82, 2.24) is 10.6 Å². The van der Waals surface area contributed by atoms with E-state index in [0.717, 1.165) is 0 Å². The summed E-state index contributed by atoms with van der Waals surface area (Å²) < 4.78 is 0. The van der Waals surface area contributed by atoms with Crippen LogP contribution in [0.25, 0.3) is 0 Å². The average Bonchev–Trinajstić information content (AvgIpc) is 2.60. The van der Waals surface area contributed by atoms with Crippen LogP contribution in [0.15, 0.2) is 30.3 Å². The van der Waals surface area contributed by atoms with Gasteiger partial charge in [-0.2, -0.15) is 0 Å². The molecule has 3 atom stereocenters. The van der Waals surface area contributed by atoms with Crippen LogP contribution in [0.4, 0.5) is 0 Å². The van der Waals surface area contributed by atoms with Crippen molar-refractivity contribution in [3.8, 4) is 0 Å². The van der Waals surface area contributed by atoms with Crippen LogP contribution in [-0.4, -0.2) is 58.0 Å². The van der Waals surface area contributed by atoms with E-state index in [-0.39, 0.29) is 6.42 Å². The summed E-state index contributed by atoms with van der Waals surface area (Å²) >= 11 is 0. The van der Waals surface area contributed by atoms with Crippen LogP contribution in [0, 0.1) is 0 Å². The molecule has 0 unspecified atom stereocenters. The highest BCUT2D eigenvalue weighted by molar-refractivity contribution is 5.94. The molecule has 0 saturated heterocycles. The van der Waals surface area contributed by atoms with Crippen LogP contribution in [0.3, 0.4) is 0 Å². The molecule has 0 aromatic heterocycles. The van der Waals surface area contributed by atoms with Gasteiger partial charge in [0.05, 0.1) is 18.9 Å². The molecule has 0 saturated carbocycles. The number of hydrogen-bond acceptors (Lipinski definition) is 6. The van der Waals surface area contributed by atoms with Crippen molar-refractivity contribution in [2.75, 3.05) is 0 Å². The largest absolute Gasteiger partial charge is 0.481 e. The van der Waals surface area contributed by atoms with Gasteiger partial charge in [-0.05, 0) is 5.56 Å². The van der Waals surface area contributed by atoms with Crippen LogP contribution in [-0.2, 0) is 30.4 Å². The van der Waals surface area contributed by atoms with Gasteiger partial charge in [0.15, 0.2) is 0 Å². The number of carbonyl (C=O) groups is 5. The average molecular weight is 394 g/mol. The smallest absolute Gasteiger partial charge is 0.326 e. The lowest BCUT2D eigenvalue weighted by molar-refractivity contribution is -0.144. The molecule has 0 aliphatic carbocycles. The number of rotatable bonds is 11. The highest BCUT2D eigenvalue weighted by Crippen LogP contribution is 2.05. The van der Waals surface area contributed by atoms with Gasteiger partial charge in [0, 0.05) is 6.42 Å². The summed E-state index contributed by atoms with van der Waals surface area (Å²) in [6, 6.07) is 4.29. The first kappa shape index (κ1) is 22.6. The molecule has 0 spiro atoms. The van der Waals surface area contributed by atoms with Gasteiger partial charge in [0.1, 0.15) is 12.1 Å². The fourth-order valence-electron chi connectivity index (χ4n) is 2.29. The normalized spacial score (nSPS) is 13.6. The number of carbonyl (C=O) groups excluding carboxylic acids is 3. The monoisotopic (exact) mass is 394 g/mol. The first-order chi connectivity index (χ1) is 13.1. The van der Waals surface area contributed by atoms with Crippen molar-refractivity contribution in [2.45, 2.75) is 37.4 Å². The molecule has 11 nitrogen and oxygen atoms in total. The number of aliphatic carboxylic acids is 2. The number of nitrogens with two attached hydrogens (primary N) is 2. The molecule has 0 radical (unpaired) electrons. The highest BCUT2D eigenvalue weighted by Gasteiger charge is 2.29. The Morgan fingerprint density at radius 2 is 1.46 bits per heavy atom. The van der Waals surface area contributed by atoms with E-state index in [2.05, 4.69) is 10.6 Å². The first-order valence-corrected chi connectivity index (χ1v) is 8.23. The lowest BCUT2D eigenvalue weighted by atomic mass is 10.0. The number of benzene rings is 1. The summed E-state index contributed by atoms with van der Waals surface area (Å²) in [4.78, 5) is 57.5. The zero-order valence-electron chi connectivity index (χ0n) is 14.8. The van der Waals surface area contributed by atoms with Crippen LogP contribution < -0.4 is 22.1 Å². The van der Waals surface area contributed by atoms with Crippen molar-refractivity contribution < 1.29 is 34.2 Å². The van der Waals surface area contributed by atoms with Gasteiger partial charge in [-0.15, -0.1) is 0 Å². The lowest BCUT2D eigenvalue weighted by Gasteiger charge is -2.22. The number of hydrogen-bond donors (Lipinski definition) is 6. The van der Waals surface area contributed by atoms with Crippen LogP contribution in [0.2, 0.25) is 0 Å². The Bertz CT molecular complexity index is 738. The Hall–Kier alpha value is -3.47. The molecule has 0 aliphatic rings. The van der Waals surface area contributed by atoms with Crippen LogP contribution >= 0.6 is 0 Å². The fraction of sp³-hybridized carbons (Fsp3) is 0.353. The summed E-state index contributed by atoms with van der Waals surface area (Å²) in [6.07, 6.45) is -1.29. The van der Waals surface area contributed by atoms with Gasteiger partial charge in [-0.1, -0.05) is 30.3 Å². The summed E-state index contributed by atoms with van der Waals surface area (Å²) in [6.45, 7) is 0. The van der Waals surface area contributed by atoms with E-state index in [1.807, 2.05) is 0 Å². The molecule has 0 bridgehead atoms. The second-order valence-electron chi connectivity index (χ2n) is 6.03. The van der Waals surface area contributed by atoms with Gasteiger partial charge in [-0.25, -0.2) is 4.79 Å². The molecule has 11 heteroatoms. The van der Waals surface area contributed by atoms with E-state index in [0.29, 0.717) is 5.56 Å². The van der Waals surface area contributed by atoms with E-state index in [9.17, 15) is 24.0 Å². The molecule has 1 aromatic carbocycles. The molecule has 1 rings (SSSR count). The molecular formula is C17H22N4O7. The predicted molar refractivity (Wildman–Crippen MR) is 95.7 cm³/mol. The molecule has 8 N–H and O–H groups in total. The third kappa shape index (κ3) is 7.83. The first-order valence-electron chi connectivity index (χ1n) is 8.23. The predicted octanol–water partition coefficient (Wildman–Crippen LogP) is -2.04. The summed E-state index contributed by atoms with van der Waals surface area (Å²) in [7, 11) is 0. The molecular weight excluding hydrogens is 372 g/mol. The Balaban J connectivity index is 2.96. The van der Waals surface area contributed by atoms with E-state index < -0.39 is 60.6 Å². The van der Waals surface area contributed by atoms with Crippen LogP contribution in [0.1, 0.15) is 18.4 Å². The fourth-order valence-corrected chi connectivity index (χ4v) is 2.29. The number of primary amides is 1. The lowest BCUT2D eigenvalue weighted by Crippen LogP contribution is -2.55. The Labute approximate surface area is 160 Å². The molecule has 1 aromatic rings. The Morgan fingerprint density at radius 1 is 0.893 bits per heavy atom. The third-order valence-corrected chi connectivity index (χ3v) is 3.67. The van der Waals surface area contributed by atoms with E-state index in [4.69, 9.17) is 21.7 Å². The van der Waals surface area contributed by atoms with Gasteiger partial charge in [0.25, 0.3) is 0 Å². The van der Waals surface area contributed by atoms with Crippen molar-refractivity contribution >= 4 is 29.7 Å². The standard InChI is InChI=1S/C17H22N4O7/c18-10(7-14(23)24)15(25)20-11(6-9-4-2-1-3-5-9)16(26)21-12(17(27)28)8-13(19)22/h1-5,10-12H,6-8,18H2,(H2,19,22)(H,20,25)(H,21,26)(H,23,24)(H,27,28)/t10-,11-,12-/m0/s1. The Morgan fingerprint density at radius 3 is 1.96 bits per heavy atom. The summed E-state index contributed by atoms with van der Waals surface area (Å²) in [5.74, 6) is -5.47. The second kappa shape index (κ2) is 10.6. The zero-order chi connectivity index (χ0) is 21.3. The van der Waals surface area contributed by atoms with E-state index in [1.165, 1.54) is 0 Å². The van der Waals surface area contributed by atoms with Crippen molar-refractivity contribution in [3.63, 3.8) is 0 Å². The number of amides is 3. The van der Waals surface area contributed by atoms with Crippen molar-refractivity contribution in [3.05, 3.63) is 35.9 Å². The minimum Gasteiger partial charge on any atom is -0.481 e. The maximum atomic E-state index is 12.5. The molecule has 0 fully saturated rings. The van der Waals surface area contributed by atoms with Gasteiger partial charge >= 0.3 is 11.9 Å². The zero-order valence-corrected chi connectivity index (χ0v) is 14.8. The summed E-state index contributed by atoms with van der Waals surface area (Å²) in [5, 5.41) is 22.3. The number of carboxylic acid groups (broad SMARTS) is 2. The summed E-state index contributed by atoms with van der Waals surface area (Å²) in [5.41, 5.74) is 11.1. The molecule has 3 amide bonds. The second-order valence-corrected chi connectivity index (χ2v) is 6.03. The van der Waals surface area contributed by atoms with Crippen molar-refractivity contribution in [2.24, 2.45) is 11.5 Å². The van der Waals surface area contributed by atoms with E-state index >= 15 is 0 Å². The van der Waals surface area contributed by atoms with Gasteiger partial charge in [0.2, 0.25) is 17.7 Å². The molecule has 0 heterocycles. The molecule has 0 aliphatic heterocycles. The number of carboxylic acids is 2. The maximum Gasteiger partial charge on any atom is 0.326 e. The topological polar surface area (TPSA) is 202 Å². The van der Waals surface area contributed by atoms with E-state index in [1.54, 1.807) is 30.3 Å². The van der Waals surface area contributed by atoms with Gasteiger partial charge in [-0.3, -0.25) is 19.2 Å². The van der Waals surface area contributed by atoms with Crippen LogP contribution in [0.5, 0.6) is 0 Å². The Kier molecular flexibility index (Phi) is 8.56.